The number of unbranched alkanes of at least 4 members (excludes halogenated alkanes) is 1. The summed E-state index contributed by atoms with van der Waals surface area (Å²) in [6.07, 6.45) is 2.11. The predicted molar refractivity (Wildman–Crippen MR) is 128 cm³/mol. The fourth-order valence-corrected chi connectivity index (χ4v) is 2.68. The quantitative estimate of drug-likeness (QED) is 0.210. The van der Waals surface area contributed by atoms with Gasteiger partial charge in [-0.25, -0.2) is 0 Å². The number of para-hydroxylation sites is 1. The minimum absolute atomic E-state index is 0. The molecule has 0 aromatic heterocycles. The summed E-state index contributed by atoms with van der Waals surface area (Å²) in [5.74, 6) is 1.69. The van der Waals surface area contributed by atoms with E-state index in [0.717, 1.165) is 55.4 Å². The molecule has 0 radical (unpaired) electrons. The fourth-order valence-electron chi connectivity index (χ4n) is 2.68. The molecule has 0 aliphatic carbocycles. The highest BCUT2D eigenvalue weighted by Crippen LogP contribution is 2.29. The van der Waals surface area contributed by atoms with Gasteiger partial charge in [0.15, 0.2) is 5.96 Å². The summed E-state index contributed by atoms with van der Waals surface area (Å²) in [6, 6.07) is 18.4. The van der Waals surface area contributed by atoms with Crippen LogP contribution in [0.15, 0.2) is 59.6 Å². The third-order valence-electron chi connectivity index (χ3n) is 4.06. The second kappa shape index (κ2) is 15.2. The van der Waals surface area contributed by atoms with E-state index in [1.54, 1.807) is 7.05 Å². The normalized spacial score (nSPS) is 10.9. The average molecular weight is 497 g/mol. The summed E-state index contributed by atoms with van der Waals surface area (Å²) >= 11 is 0. The lowest BCUT2D eigenvalue weighted by molar-refractivity contribution is 0.143. The van der Waals surface area contributed by atoms with Crippen LogP contribution < -0.4 is 15.4 Å². The van der Waals surface area contributed by atoms with Gasteiger partial charge in [0.1, 0.15) is 12.4 Å². The molecule has 0 amide bonds. The molecule has 0 atom stereocenters. The number of nitrogens with zero attached hydrogens (tertiary/aromatic N) is 1. The Balaban J connectivity index is 0.00000392. The van der Waals surface area contributed by atoms with Gasteiger partial charge in [-0.3, -0.25) is 4.99 Å². The summed E-state index contributed by atoms with van der Waals surface area (Å²) in [5, 5.41) is 6.59. The first-order chi connectivity index (χ1) is 13.3. The van der Waals surface area contributed by atoms with Crippen LogP contribution in [-0.4, -0.2) is 45.9 Å². The number of halogens is 1. The third kappa shape index (κ3) is 8.93. The Hall–Kier alpha value is -1.80. The van der Waals surface area contributed by atoms with Gasteiger partial charge in [-0.2, -0.15) is 0 Å². The molecule has 0 unspecified atom stereocenters. The lowest BCUT2D eigenvalue weighted by Gasteiger charge is -2.14. The maximum absolute atomic E-state index is 5.99. The molecular formula is C22H32IN3O2. The van der Waals surface area contributed by atoms with E-state index in [1.165, 1.54) is 0 Å². The van der Waals surface area contributed by atoms with Crippen LogP contribution in [0, 0.1) is 0 Å². The van der Waals surface area contributed by atoms with Crippen LogP contribution in [0.4, 0.5) is 0 Å². The zero-order valence-corrected chi connectivity index (χ0v) is 19.1. The molecule has 5 nitrogen and oxygen atoms in total. The average Bonchev–Trinajstić information content (AvgIpc) is 2.73. The van der Waals surface area contributed by atoms with E-state index in [4.69, 9.17) is 9.47 Å². The SMILES string of the molecule is CCOCCCCNC(=NC)NCCOc1ccccc1-c1ccccc1.I. The topological polar surface area (TPSA) is 54.9 Å². The molecule has 6 heteroatoms. The summed E-state index contributed by atoms with van der Waals surface area (Å²) in [6.45, 7) is 5.74. The largest absolute Gasteiger partial charge is 0.491 e. The van der Waals surface area contributed by atoms with Crippen molar-refractivity contribution in [1.29, 1.82) is 0 Å². The fraction of sp³-hybridized carbons (Fsp3) is 0.409. The van der Waals surface area contributed by atoms with E-state index >= 15 is 0 Å². The standard InChI is InChI=1S/C22H31N3O2.HI/c1-3-26-17-10-9-15-24-22(23-2)25-16-18-27-21-14-8-7-13-20(21)19-11-5-4-6-12-19;/h4-8,11-14H,3,9-10,15-18H2,1-2H3,(H2,23,24,25);1H. The Morgan fingerprint density at radius 1 is 0.893 bits per heavy atom. The molecule has 0 bridgehead atoms. The van der Waals surface area contributed by atoms with Crippen LogP contribution in [0.3, 0.4) is 0 Å². The molecular weight excluding hydrogens is 465 g/mol. The number of hydrogen-bond acceptors (Lipinski definition) is 3. The van der Waals surface area contributed by atoms with Crippen molar-refractivity contribution in [2.45, 2.75) is 19.8 Å². The summed E-state index contributed by atoms with van der Waals surface area (Å²) in [4.78, 5) is 4.24. The van der Waals surface area contributed by atoms with Crippen LogP contribution >= 0.6 is 24.0 Å². The maximum Gasteiger partial charge on any atom is 0.191 e. The first-order valence-electron chi connectivity index (χ1n) is 9.64. The second-order valence-electron chi connectivity index (χ2n) is 6.04. The van der Waals surface area contributed by atoms with Crippen LogP contribution in [0.1, 0.15) is 19.8 Å². The number of benzene rings is 2. The number of aliphatic imine (C=N–C) groups is 1. The smallest absolute Gasteiger partial charge is 0.191 e. The van der Waals surface area contributed by atoms with Crippen molar-refractivity contribution >= 4 is 29.9 Å². The van der Waals surface area contributed by atoms with E-state index in [9.17, 15) is 0 Å². The molecule has 2 aromatic carbocycles. The Bertz CT molecular complexity index is 680. The van der Waals surface area contributed by atoms with Crippen molar-refractivity contribution in [3.05, 3.63) is 54.6 Å². The Morgan fingerprint density at radius 2 is 1.61 bits per heavy atom. The van der Waals surface area contributed by atoms with Gasteiger partial charge in [-0.15, -0.1) is 24.0 Å². The molecule has 0 aliphatic rings. The zero-order valence-electron chi connectivity index (χ0n) is 16.8. The first-order valence-corrected chi connectivity index (χ1v) is 9.64. The highest BCUT2D eigenvalue weighted by molar-refractivity contribution is 14.0. The van der Waals surface area contributed by atoms with Gasteiger partial charge in [0, 0.05) is 32.4 Å². The monoisotopic (exact) mass is 497 g/mol. The summed E-state index contributed by atoms with van der Waals surface area (Å²) < 4.78 is 11.3. The molecule has 154 valence electrons. The van der Waals surface area contributed by atoms with Crippen LogP contribution in [0.5, 0.6) is 5.75 Å². The molecule has 2 N–H and O–H groups in total. The number of hydrogen-bond donors (Lipinski definition) is 2. The highest BCUT2D eigenvalue weighted by atomic mass is 127. The van der Waals surface area contributed by atoms with Crippen molar-refractivity contribution in [2.24, 2.45) is 4.99 Å². The van der Waals surface area contributed by atoms with Crippen molar-refractivity contribution in [1.82, 2.24) is 10.6 Å². The van der Waals surface area contributed by atoms with Crippen LogP contribution in [0.25, 0.3) is 11.1 Å². The minimum atomic E-state index is 0. The molecule has 0 saturated carbocycles. The van der Waals surface area contributed by atoms with Gasteiger partial charge in [-0.05, 0) is 31.4 Å². The molecule has 0 saturated heterocycles. The van der Waals surface area contributed by atoms with Gasteiger partial charge in [0.25, 0.3) is 0 Å². The summed E-state index contributed by atoms with van der Waals surface area (Å²) in [5.41, 5.74) is 2.26. The van der Waals surface area contributed by atoms with E-state index in [1.807, 2.05) is 43.3 Å². The Kier molecular flexibility index (Phi) is 13.1. The lowest BCUT2D eigenvalue weighted by atomic mass is 10.1. The third-order valence-corrected chi connectivity index (χ3v) is 4.06. The number of ether oxygens (including phenoxy) is 2. The van der Waals surface area contributed by atoms with Crippen LogP contribution in [0.2, 0.25) is 0 Å². The Labute approximate surface area is 186 Å². The van der Waals surface area contributed by atoms with Gasteiger partial charge < -0.3 is 20.1 Å². The van der Waals surface area contributed by atoms with Gasteiger partial charge in [0.2, 0.25) is 0 Å². The molecule has 0 aliphatic heterocycles. The Morgan fingerprint density at radius 3 is 2.36 bits per heavy atom. The van der Waals surface area contributed by atoms with Crippen molar-refractivity contribution in [2.75, 3.05) is 40.0 Å². The van der Waals surface area contributed by atoms with Gasteiger partial charge in [-0.1, -0.05) is 48.5 Å². The molecule has 0 spiro atoms. The second-order valence-corrected chi connectivity index (χ2v) is 6.04. The molecule has 28 heavy (non-hydrogen) atoms. The van der Waals surface area contributed by atoms with E-state index < -0.39 is 0 Å². The minimum Gasteiger partial charge on any atom is -0.491 e. The van der Waals surface area contributed by atoms with Crippen molar-refractivity contribution in [3.8, 4) is 16.9 Å². The van der Waals surface area contributed by atoms with E-state index in [-0.39, 0.29) is 24.0 Å². The summed E-state index contributed by atoms with van der Waals surface area (Å²) in [7, 11) is 1.78. The van der Waals surface area contributed by atoms with Crippen LogP contribution in [-0.2, 0) is 4.74 Å². The maximum atomic E-state index is 5.99. The van der Waals surface area contributed by atoms with Gasteiger partial charge >= 0.3 is 0 Å². The van der Waals surface area contributed by atoms with E-state index in [2.05, 4.69) is 33.8 Å². The predicted octanol–water partition coefficient (Wildman–Crippen LogP) is 4.33. The molecule has 0 fully saturated rings. The number of guanidine groups is 1. The van der Waals surface area contributed by atoms with Crippen molar-refractivity contribution in [3.63, 3.8) is 0 Å². The number of nitrogens with one attached hydrogen (secondary N) is 2. The zero-order chi connectivity index (χ0) is 19.2. The highest BCUT2D eigenvalue weighted by Gasteiger charge is 2.05. The number of rotatable bonds is 11. The van der Waals surface area contributed by atoms with Gasteiger partial charge in [0.05, 0.1) is 6.54 Å². The van der Waals surface area contributed by atoms with Crippen molar-refractivity contribution < 1.29 is 9.47 Å². The lowest BCUT2D eigenvalue weighted by Crippen LogP contribution is -2.39. The molecule has 0 heterocycles. The molecule has 2 rings (SSSR count). The van der Waals surface area contributed by atoms with E-state index in [0.29, 0.717) is 13.2 Å². The first kappa shape index (κ1) is 24.2. The molecule has 2 aromatic rings.